The third kappa shape index (κ3) is 5.83. The first kappa shape index (κ1) is 19.9. The number of rotatable bonds is 8. The van der Waals surface area contributed by atoms with E-state index in [0.29, 0.717) is 19.7 Å². The molecule has 25 heavy (non-hydrogen) atoms. The summed E-state index contributed by atoms with van der Waals surface area (Å²) in [5, 5.41) is 19.3. The summed E-state index contributed by atoms with van der Waals surface area (Å²) in [6, 6.07) is 7.52. The van der Waals surface area contributed by atoms with E-state index in [9.17, 15) is 5.11 Å². The number of nitrogens with one attached hydrogen (secondary N) is 2. The molecule has 3 rings (SSSR count). The first-order chi connectivity index (χ1) is 11.7. The number of benzene rings is 1. The lowest BCUT2D eigenvalue weighted by atomic mass is 10.1. The Balaban J connectivity index is 0.00000225. The van der Waals surface area contributed by atoms with Gasteiger partial charge in [-0.2, -0.15) is 0 Å². The monoisotopic (exact) mass is 385 g/mol. The molecule has 0 radical (unpaired) electrons. The third-order valence-corrected chi connectivity index (χ3v) is 4.91. The Morgan fingerprint density at radius 2 is 2.04 bits per heavy atom. The number of ether oxygens (including phenoxy) is 2. The maximum Gasteiger partial charge on any atom is 0.140 e. The molecule has 138 valence electrons. The molecular formula is C17H24ClN3O3S. The molecule has 1 aliphatic rings. The fourth-order valence-corrected chi connectivity index (χ4v) is 3.33. The molecule has 2 unspecified atom stereocenters. The first-order valence-electron chi connectivity index (χ1n) is 8.04. The molecule has 2 atom stereocenters. The van der Waals surface area contributed by atoms with Crippen molar-refractivity contribution in [2.24, 2.45) is 5.92 Å². The largest absolute Gasteiger partial charge is 0.497 e. The minimum atomic E-state index is -0.249. The van der Waals surface area contributed by atoms with Crippen LogP contribution >= 0.6 is 23.7 Å². The van der Waals surface area contributed by atoms with Crippen LogP contribution in [0.1, 0.15) is 10.7 Å². The summed E-state index contributed by atoms with van der Waals surface area (Å²) in [5.41, 5.74) is 1.01. The minimum absolute atomic E-state index is 0. The van der Waals surface area contributed by atoms with Gasteiger partial charge in [0.25, 0.3) is 0 Å². The summed E-state index contributed by atoms with van der Waals surface area (Å²) in [7, 11) is 1.64. The zero-order chi connectivity index (χ0) is 16.8. The van der Waals surface area contributed by atoms with Crippen LogP contribution in [0.5, 0.6) is 11.5 Å². The standard InChI is InChI=1S/C17H23N3O3S.ClH/c1-22-14-2-4-15(5-3-14)23-10-17-20-13(11-24-17)8-18-6-12-7-19-9-16(12)21;/h2-5,11-12,16,18-19,21H,6-10H2,1H3;1H. The van der Waals surface area contributed by atoms with Gasteiger partial charge in [0.1, 0.15) is 23.1 Å². The fourth-order valence-electron chi connectivity index (χ4n) is 2.63. The van der Waals surface area contributed by atoms with Gasteiger partial charge in [-0.1, -0.05) is 0 Å². The Kier molecular flexibility index (Phi) is 7.92. The number of hydrogen-bond donors (Lipinski definition) is 3. The van der Waals surface area contributed by atoms with Crippen molar-refractivity contribution in [3.05, 3.63) is 40.3 Å². The van der Waals surface area contributed by atoms with Crippen LogP contribution in [0.4, 0.5) is 0 Å². The second-order valence-corrected chi connectivity index (χ2v) is 6.76. The zero-order valence-corrected chi connectivity index (χ0v) is 15.7. The second-order valence-electron chi connectivity index (χ2n) is 5.81. The number of thiazole rings is 1. The van der Waals surface area contributed by atoms with Crippen molar-refractivity contribution in [2.75, 3.05) is 26.7 Å². The number of aliphatic hydroxyl groups excluding tert-OH is 1. The van der Waals surface area contributed by atoms with Gasteiger partial charge in [0.15, 0.2) is 0 Å². The number of nitrogens with zero attached hydrogens (tertiary/aromatic N) is 1. The number of aromatic nitrogens is 1. The quantitative estimate of drug-likeness (QED) is 0.643. The highest BCUT2D eigenvalue weighted by Crippen LogP contribution is 2.19. The number of β-amino-alcohol motifs (C(OH)–C–C–N with tert-alkyl or cyclic N) is 1. The summed E-state index contributed by atoms with van der Waals surface area (Å²) in [6.07, 6.45) is -0.249. The SMILES string of the molecule is COc1ccc(OCc2nc(CNCC3CNCC3O)cs2)cc1.Cl. The van der Waals surface area contributed by atoms with Crippen LogP contribution in [0.15, 0.2) is 29.6 Å². The minimum Gasteiger partial charge on any atom is -0.497 e. The van der Waals surface area contributed by atoms with Gasteiger partial charge in [0.05, 0.1) is 18.9 Å². The highest BCUT2D eigenvalue weighted by Gasteiger charge is 2.24. The highest BCUT2D eigenvalue weighted by molar-refractivity contribution is 7.09. The fraction of sp³-hybridized carbons (Fsp3) is 0.471. The second kappa shape index (κ2) is 9.94. The topological polar surface area (TPSA) is 75.6 Å². The van der Waals surface area contributed by atoms with Gasteiger partial charge in [0, 0.05) is 37.5 Å². The smallest absolute Gasteiger partial charge is 0.140 e. The normalized spacial score (nSPS) is 19.4. The van der Waals surface area contributed by atoms with Crippen LogP contribution in [-0.2, 0) is 13.2 Å². The van der Waals surface area contributed by atoms with E-state index in [1.807, 2.05) is 29.6 Å². The van der Waals surface area contributed by atoms with Gasteiger partial charge in [-0.25, -0.2) is 4.98 Å². The van der Waals surface area contributed by atoms with E-state index in [2.05, 4.69) is 15.6 Å². The molecule has 1 aliphatic heterocycles. The summed E-state index contributed by atoms with van der Waals surface area (Å²) in [4.78, 5) is 4.57. The van der Waals surface area contributed by atoms with Crippen LogP contribution in [0.3, 0.4) is 0 Å². The van der Waals surface area contributed by atoms with Crippen LogP contribution in [0, 0.1) is 5.92 Å². The molecule has 0 aliphatic carbocycles. The van der Waals surface area contributed by atoms with Gasteiger partial charge in [-0.15, -0.1) is 23.7 Å². The lowest BCUT2D eigenvalue weighted by molar-refractivity contribution is 0.146. The summed E-state index contributed by atoms with van der Waals surface area (Å²) < 4.78 is 10.9. The lowest BCUT2D eigenvalue weighted by Crippen LogP contribution is -2.30. The van der Waals surface area contributed by atoms with Crippen molar-refractivity contribution in [3.8, 4) is 11.5 Å². The molecule has 0 bridgehead atoms. The van der Waals surface area contributed by atoms with Crippen molar-refractivity contribution in [1.29, 1.82) is 0 Å². The Bertz CT molecular complexity index is 638. The van der Waals surface area contributed by atoms with E-state index >= 15 is 0 Å². The highest BCUT2D eigenvalue weighted by atomic mass is 35.5. The average molecular weight is 386 g/mol. The van der Waals surface area contributed by atoms with E-state index < -0.39 is 0 Å². The van der Waals surface area contributed by atoms with Gasteiger partial charge in [-0.05, 0) is 24.3 Å². The Labute approximate surface area is 158 Å². The molecule has 1 fully saturated rings. The zero-order valence-electron chi connectivity index (χ0n) is 14.1. The van der Waals surface area contributed by atoms with Crippen LogP contribution in [-0.4, -0.2) is 42.9 Å². The maximum atomic E-state index is 9.76. The first-order valence-corrected chi connectivity index (χ1v) is 8.92. The molecule has 3 N–H and O–H groups in total. The van der Waals surface area contributed by atoms with Crippen molar-refractivity contribution in [3.63, 3.8) is 0 Å². The summed E-state index contributed by atoms with van der Waals surface area (Å²) in [6.45, 7) is 3.52. The van der Waals surface area contributed by atoms with Crippen LogP contribution < -0.4 is 20.1 Å². The molecule has 6 nitrogen and oxygen atoms in total. The number of aliphatic hydroxyl groups is 1. The van der Waals surface area contributed by atoms with Crippen molar-refractivity contribution in [2.45, 2.75) is 19.3 Å². The van der Waals surface area contributed by atoms with Crippen LogP contribution in [0.2, 0.25) is 0 Å². The molecular weight excluding hydrogens is 362 g/mol. The number of hydrogen-bond acceptors (Lipinski definition) is 7. The van der Waals surface area contributed by atoms with Gasteiger partial charge in [-0.3, -0.25) is 0 Å². The molecule has 2 aromatic rings. The van der Waals surface area contributed by atoms with Gasteiger partial charge < -0.3 is 25.2 Å². The summed E-state index contributed by atoms with van der Waals surface area (Å²) >= 11 is 1.60. The van der Waals surface area contributed by atoms with Crippen molar-refractivity contribution >= 4 is 23.7 Å². The number of halogens is 1. The Hall–Kier alpha value is -1.38. The molecule has 0 spiro atoms. The van der Waals surface area contributed by atoms with Gasteiger partial charge in [0.2, 0.25) is 0 Å². The van der Waals surface area contributed by atoms with E-state index in [-0.39, 0.29) is 24.4 Å². The van der Waals surface area contributed by atoms with E-state index in [4.69, 9.17) is 9.47 Å². The van der Waals surface area contributed by atoms with Crippen molar-refractivity contribution in [1.82, 2.24) is 15.6 Å². The Morgan fingerprint density at radius 3 is 2.72 bits per heavy atom. The molecule has 8 heteroatoms. The maximum absolute atomic E-state index is 9.76. The molecule has 0 amide bonds. The number of methoxy groups -OCH3 is 1. The van der Waals surface area contributed by atoms with E-state index in [1.54, 1.807) is 18.4 Å². The lowest BCUT2D eigenvalue weighted by Gasteiger charge is -2.13. The molecule has 2 heterocycles. The van der Waals surface area contributed by atoms with Crippen LogP contribution in [0.25, 0.3) is 0 Å². The predicted molar refractivity (Wildman–Crippen MR) is 101 cm³/mol. The van der Waals surface area contributed by atoms with E-state index in [0.717, 1.165) is 35.3 Å². The average Bonchev–Trinajstić information content (AvgIpc) is 3.23. The van der Waals surface area contributed by atoms with Gasteiger partial charge >= 0.3 is 0 Å². The molecule has 0 saturated carbocycles. The predicted octanol–water partition coefficient (Wildman–Crippen LogP) is 1.82. The molecule has 1 aromatic carbocycles. The van der Waals surface area contributed by atoms with Crippen molar-refractivity contribution < 1.29 is 14.6 Å². The Morgan fingerprint density at radius 1 is 1.28 bits per heavy atom. The third-order valence-electron chi connectivity index (χ3n) is 4.04. The van der Waals surface area contributed by atoms with E-state index in [1.165, 1.54) is 0 Å². The molecule has 1 saturated heterocycles. The molecule has 1 aromatic heterocycles. The summed E-state index contributed by atoms with van der Waals surface area (Å²) in [5.74, 6) is 1.89.